The van der Waals surface area contributed by atoms with E-state index in [-0.39, 0.29) is 18.0 Å². The quantitative estimate of drug-likeness (QED) is 0.834. The van der Waals surface area contributed by atoms with Crippen LogP contribution in [0.4, 0.5) is 11.4 Å². The van der Waals surface area contributed by atoms with E-state index in [1.165, 1.54) is 31.1 Å². The molecule has 7 heteroatoms. The fraction of sp³-hybridized carbons (Fsp3) is 0.158. The predicted octanol–water partition coefficient (Wildman–Crippen LogP) is 2.34. The van der Waals surface area contributed by atoms with Crippen molar-refractivity contribution >= 4 is 29.2 Å². The molecule has 0 radical (unpaired) electrons. The van der Waals surface area contributed by atoms with E-state index < -0.39 is 11.9 Å². The summed E-state index contributed by atoms with van der Waals surface area (Å²) in [6.07, 6.45) is 0. The fourth-order valence-electron chi connectivity index (χ4n) is 2.31. The molecule has 2 aromatic rings. The van der Waals surface area contributed by atoms with Crippen LogP contribution in [0.15, 0.2) is 48.5 Å². The second-order valence-electron chi connectivity index (χ2n) is 5.39. The number of benzene rings is 2. The molecular formula is C19H17N3O4. The Morgan fingerprint density at radius 3 is 2.54 bits per heavy atom. The van der Waals surface area contributed by atoms with Gasteiger partial charge in [-0.3, -0.25) is 9.59 Å². The Labute approximate surface area is 150 Å². The lowest BCUT2D eigenvalue weighted by molar-refractivity contribution is -0.120. The van der Waals surface area contributed by atoms with Gasteiger partial charge in [-0.05, 0) is 36.4 Å². The molecule has 2 rings (SSSR count). The number of carbonyl (C=O) groups is 3. The van der Waals surface area contributed by atoms with Gasteiger partial charge in [0, 0.05) is 18.3 Å². The van der Waals surface area contributed by atoms with Gasteiger partial charge in [-0.25, -0.2) is 4.79 Å². The molecule has 0 spiro atoms. The Kier molecular flexibility index (Phi) is 6.06. The number of carbonyl (C=O) groups excluding carboxylic acids is 3. The number of ether oxygens (including phenoxy) is 1. The van der Waals surface area contributed by atoms with Gasteiger partial charge in [0.2, 0.25) is 11.8 Å². The molecule has 0 saturated heterocycles. The summed E-state index contributed by atoms with van der Waals surface area (Å²) < 4.78 is 4.67. The summed E-state index contributed by atoms with van der Waals surface area (Å²) in [5.41, 5.74) is 1.55. The molecule has 0 aliphatic carbocycles. The molecule has 7 nitrogen and oxygen atoms in total. The van der Waals surface area contributed by atoms with E-state index in [0.717, 1.165) is 0 Å². The van der Waals surface area contributed by atoms with Crippen LogP contribution in [0.25, 0.3) is 0 Å². The van der Waals surface area contributed by atoms with Crippen LogP contribution in [0.1, 0.15) is 22.8 Å². The highest BCUT2D eigenvalue weighted by atomic mass is 16.5. The van der Waals surface area contributed by atoms with Crippen molar-refractivity contribution in [2.24, 2.45) is 0 Å². The van der Waals surface area contributed by atoms with E-state index >= 15 is 0 Å². The number of esters is 1. The molecule has 2 aromatic carbocycles. The van der Waals surface area contributed by atoms with Crippen molar-refractivity contribution < 1.29 is 19.1 Å². The number of anilines is 2. The molecule has 0 saturated carbocycles. The number of nitriles is 1. The minimum atomic E-state index is -0.534. The fourth-order valence-corrected chi connectivity index (χ4v) is 2.31. The first-order valence-corrected chi connectivity index (χ1v) is 7.71. The van der Waals surface area contributed by atoms with Crippen molar-refractivity contribution in [2.75, 3.05) is 23.9 Å². The topological polar surface area (TPSA) is 99.5 Å². The summed E-state index contributed by atoms with van der Waals surface area (Å²) >= 11 is 0. The number of amides is 2. The molecule has 2 amide bonds. The number of hydrogen-bond donors (Lipinski definition) is 1. The van der Waals surface area contributed by atoms with Crippen molar-refractivity contribution in [3.63, 3.8) is 0 Å². The molecule has 0 unspecified atom stereocenters. The Balaban J connectivity index is 2.18. The van der Waals surface area contributed by atoms with Gasteiger partial charge in [-0.1, -0.05) is 12.1 Å². The Hall–Kier alpha value is -3.66. The molecule has 26 heavy (non-hydrogen) atoms. The SMILES string of the molecule is COC(=O)c1cccc(N(CC(=O)Nc2cccc(C#N)c2)C(C)=O)c1. The molecule has 0 bridgehead atoms. The summed E-state index contributed by atoms with van der Waals surface area (Å²) in [4.78, 5) is 37.2. The number of nitrogens with zero attached hydrogens (tertiary/aromatic N) is 2. The first-order valence-electron chi connectivity index (χ1n) is 7.71. The van der Waals surface area contributed by atoms with Crippen molar-refractivity contribution in [3.05, 3.63) is 59.7 Å². The molecule has 0 aromatic heterocycles. The monoisotopic (exact) mass is 351 g/mol. The van der Waals surface area contributed by atoms with E-state index in [9.17, 15) is 14.4 Å². The summed E-state index contributed by atoms with van der Waals surface area (Å²) in [5, 5.41) is 11.5. The second-order valence-corrected chi connectivity index (χ2v) is 5.39. The van der Waals surface area contributed by atoms with Gasteiger partial charge >= 0.3 is 5.97 Å². The van der Waals surface area contributed by atoms with Gasteiger partial charge in [0.1, 0.15) is 6.54 Å². The highest BCUT2D eigenvalue weighted by Crippen LogP contribution is 2.18. The maximum atomic E-state index is 12.3. The third-order valence-electron chi connectivity index (χ3n) is 3.54. The zero-order chi connectivity index (χ0) is 19.1. The van der Waals surface area contributed by atoms with Crippen LogP contribution < -0.4 is 10.2 Å². The third kappa shape index (κ3) is 4.68. The van der Waals surface area contributed by atoms with Crippen LogP contribution in [0.3, 0.4) is 0 Å². The molecule has 0 aliphatic heterocycles. The molecule has 132 valence electrons. The van der Waals surface area contributed by atoms with Crippen LogP contribution in [0.5, 0.6) is 0 Å². The maximum Gasteiger partial charge on any atom is 0.337 e. The summed E-state index contributed by atoms with van der Waals surface area (Å²) in [6.45, 7) is 1.09. The first-order chi connectivity index (χ1) is 12.4. The average molecular weight is 351 g/mol. The van der Waals surface area contributed by atoms with Crippen molar-refractivity contribution in [3.8, 4) is 6.07 Å². The van der Waals surface area contributed by atoms with Gasteiger partial charge in [-0.15, -0.1) is 0 Å². The Bertz CT molecular complexity index is 886. The molecular weight excluding hydrogens is 334 g/mol. The first kappa shape index (κ1) is 18.7. The standard InChI is InChI=1S/C19H17N3O4/c1-13(23)22(17-8-4-6-15(10-17)19(25)26-2)12-18(24)21-16-7-3-5-14(9-16)11-20/h3-10H,12H2,1-2H3,(H,21,24). The number of nitrogens with one attached hydrogen (secondary N) is 1. The van der Waals surface area contributed by atoms with Crippen molar-refractivity contribution in [1.29, 1.82) is 5.26 Å². The van der Waals surface area contributed by atoms with Crippen LogP contribution in [-0.2, 0) is 14.3 Å². The minimum absolute atomic E-state index is 0.239. The Morgan fingerprint density at radius 2 is 1.88 bits per heavy atom. The van der Waals surface area contributed by atoms with Crippen molar-refractivity contribution in [2.45, 2.75) is 6.92 Å². The number of methoxy groups -OCH3 is 1. The van der Waals surface area contributed by atoms with E-state index in [4.69, 9.17) is 5.26 Å². The molecule has 0 atom stereocenters. The molecule has 0 fully saturated rings. The van der Waals surface area contributed by atoms with Crippen LogP contribution >= 0.6 is 0 Å². The van der Waals surface area contributed by atoms with E-state index in [2.05, 4.69) is 10.1 Å². The van der Waals surface area contributed by atoms with E-state index in [0.29, 0.717) is 16.9 Å². The lowest BCUT2D eigenvalue weighted by Gasteiger charge is -2.21. The van der Waals surface area contributed by atoms with Gasteiger partial charge in [0.05, 0.1) is 24.3 Å². The zero-order valence-electron chi connectivity index (χ0n) is 14.4. The van der Waals surface area contributed by atoms with Crippen LogP contribution in [-0.4, -0.2) is 31.4 Å². The lowest BCUT2D eigenvalue weighted by Crippen LogP contribution is -2.36. The summed E-state index contributed by atoms with van der Waals surface area (Å²) in [6, 6.07) is 14.7. The van der Waals surface area contributed by atoms with Crippen LogP contribution in [0, 0.1) is 11.3 Å². The minimum Gasteiger partial charge on any atom is -0.465 e. The van der Waals surface area contributed by atoms with Gasteiger partial charge in [-0.2, -0.15) is 5.26 Å². The maximum absolute atomic E-state index is 12.3. The van der Waals surface area contributed by atoms with E-state index in [1.807, 2.05) is 6.07 Å². The third-order valence-corrected chi connectivity index (χ3v) is 3.54. The second kappa shape index (κ2) is 8.44. The van der Waals surface area contributed by atoms with Gasteiger partial charge in [0.25, 0.3) is 0 Å². The Morgan fingerprint density at radius 1 is 1.15 bits per heavy atom. The number of rotatable bonds is 5. The summed E-state index contributed by atoms with van der Waals surface area (Å²) in [5.74, 6) is -1.32. The number of hydrogen-bond acceptors (Lipinski definition) is 5. The average Bonchev–Trinajstić information content (AvgIpc) is 2.65. The zero-order valence-corrected chi connectivity index (χ0v) is 14.4. The normalized spacial score (nSPS) is 9.73. The van der Waals surface area contributed by atoms with Crippen LogP contribution in [0.2, 0.25) is 0 Å². The smallest absolute Gasteiger partial charge is 0.337 e. The predicted molar refractivity (Wildman–Crippen MR) is 95.6 cm³/mol. The molecule has 0 aliphatic rings. The van der Waals surface area contributed by atoms with Gasteiger partial charge < -0.3 is 15.0 Å². The molecule has 1 N–H and O–H groups in total. The van der Waals surface area contributed by atoms with Gasteiger partial charge in [0.15, 0.2) is 0 Å². The molecule has 0 heterocycles. The van der Waals surface area contributed by atoms with E-state index in [1.54, 1.807) is 36.4 Å². The highest BCUT2D eigenvalue weighted by molar-refractivity contribution is 6.02. The highest BCUT2D eigenvalue weighted by Gasteiger charge is 2.17. The lowest BCUT2D eigenvalue weighted by atomic mass is 10.2. The largest absolute Gasteiger partial charge is 0.465 e. The summed E-state index contributed by atoms with van der Waals surface area (Å²) in [7, 11) is 1.26. The van der Waals surface area contributed by atoms with Crippen molar-refractivity contribution in [1.82, 2.24) is 0 Å².